The second-order valence-electron chi connectivity index (χ2n) is 3.42. The van der Waals surface area contributed by atoms with Crippen molar-refractivity contribution in [3.05, 3.63) is 41.7 Å². The van der Waals surface area contributed by atoms with Gasteiger partial charge < -0.3 is 5.11 Å². The van der Waals surface area contributed by atoms with Crippen LogP contribution in [0.25, 0.3) is 5.69 Å². The molecule has 0 saturated heterocycles. The van der Waals surface area contributed by atoms with E-state index in [1.165, 1.54) is 23.0 Å². The van der Waals surface area contributed by atoms with Gasteiger partial charge in [-0.3, -0.25) is 4.98 Å². The van der Waals surface area contributed by atoms with Crippen molar-refractivity contribution in [3.8, 4) is 5.69 Å². The zero-order valence-corrected chi connectivity index (χ0v) is 9.09. The summed E-state index contributed by atoms with van der Waals surface area (Å²) in [5.74, 6) is -1.67. The molecule has 17 heavy (non-hydrogen) atoms. The van der Waals surface area contributed by atoms with E-state index in [2.05, 4.69) is 10.1 Å². The van der Waals surface area contributed by atoms with Gasteiger partial charge in [0.15, 0.2) is 11.5 Å². The number of pyridine rings is 1. The quantitative estimate of drug-likeness (QED) is 0.878. The van der Waals surface area contributed by atoms with E-state index in [1.54, 1.807) is 0 Å². The van der Waals surface area contributed by atoms with Crippen molar-refractivity contribution >= 4 is 5.97 Å². The number of carboxylic acids is 1. The van der Waals surface area contributed by atoms with Gasteiger partial charge in [0.05, 0.1) is 6.20 Å². The molecular weight excluding hydrogens is 225 g/mol. The van der Waals surface area contributed by atoms with Gasteiger partial charge in [-0.1, -0.05) is 6.92 Å². The van der Waals surface area contributed by atoms with Crippen molar-refractivity contribution in [3.63, 3.8) is 0 Å². The molecule has 0 unspecified atom stereocenters. The number of aromatic carboxylic acids is 1. The van der Waals surface area contributed by atoms with Crippen LogP contribution < -0.4 is 0 Å². The van der Waals surface area contributed by atoms with E-state index >= 15 is 0 Å². The summed E-state index contributed by atoms with van der Waals surface area (Å²) in [7, 11) is 0. The van der Waals surface area contributed by atoms with Crippen LogP contribution in [-0.4, -0.2) is 25.8 Å². The summed E-state index contributed by atoms with van der Waals surface area (Å²) in [6, 6.07) is 2.88. The lowest BCUT2D eigenvalue weighted by Crippen LogP contribution is -2.05. The number of rotatable bonds is 3. The van der Waals surface area contributed by atoms with Crippen molar-refractivity contribution in [1.29, 1.82) is 0 Å². The second-order valence-corrected chi connectivity index (χ2v) is 3.42. The lowest BCUT2D eigenvalue weighted by atomic mass is 10.3. The van der Waals surface area contributed by atoms with Gasteiger partial charge in [0.2, 0.25) is 0 Å². The first-order valence-corrected chi connectivity index (χ1v) is 5.05. The molecule has 2 aromatic heterocycles. The van der Waals surface area contributed by atoms with Gasteiger partial charge in [0.25, 0.3) is 0 Å². The number of carboxylic acid groups (broad SMARTS) is 1. The molecule has 2 aromatic rings. The predicted octanol–water partition coefficient (Wildman–Crippen LogP) is 1.67. The first-order valence-electron chi connectivity index (χ1n) is 5.05. The molecule has 88 valence electrons. The van der Waals surface area contributed by atoms with Gasteiger partial charge >= 0.3 is 5.97 Å². The highest BCUT2D eigenvalue weighted by atomic mass is 19.1. The average Bonchev–Trinajstić information content (AvgIpc) is 2.73. The summed E-state index contributed by atoms with van der Waals surface area (Å²) in [4.78, 5) is 14.5. The molecule has 1 N–H and O–H groups in total. The first kappa shape index (κ1) is 11.3. The number of aryl methyl sites for hydroxylation is 1. The van der Waals surface area contributed by atoms with Gasteiger partial charge in [-0.15, -0.1) is 0 Å². The van der Waals surface area contributed by atoms with Crippen molar-refractivity contribution in [2.75, 3.05) is 0 Å². The average molecular weight is 235 g/mol. The summed E-state index contributed by atoms with van der Waals surface area (Å²) >= 11 is 0. The van der Waals surface area contributed by atoms with E-state index in [0.29, 0.717) is 12.1 Å². The number of hydrogen-bond acceptors (Lipinski definition) is 3. The van der Waals surface area contributed by atoms with Gasteiger partial charge in [-0.05, 0) is 18.6 Å². The second kappa shape index (κ2) is 4.32. The van der Waals surface area contributed by atoms with Crippen molar-refractivity contribution in [2.45, 2.75) is 13.3 Å². The third-order valence-corrected chi connectivity index (χ3v) is 2.34. The molecule has 5 nitrogen and oxygen atoms in total. The standard InChI is InChI=1S/C11H10FN3O2/c1-2-7-5-9(11(16)17)14-15(7)10-3-4-13-6-8(10)12/h3-6H,2H2,1H3,(H,16,17). The third-order valence-electron chi connectivity index (χ3n) is 2.34. The molecule has 0 amide bonds. The number of nitrogens with zero attached hydrogens (tertiary/aromatic N) is 3. The Labute approximate surface area is 96.5 Å². The molecule has 0 atom stereocenters. The molecule has 0 aromatic carbocycles. The van der Waals surface area contributed by atoms with E-state index < -0.39 is 11.8 Å². The Balaban J connectivity index is 2.59. The van der Waals surface area contributed by atoms with E-state index in [4.69, 9.17) is 5.11 Å². The minimum Gasteiger partial charge on any atom is -0.476 e. The zero-order chi connectivity index (χ0) is 12.4. The predicted molar refractivity (Wildman–Crippen MR) is 57.7 cm³/mol. The van der Waals surface area contributed by atoms with E-state index in [0.717, 1.165) is 6.20 Å². The maximum Gasteiger partial charge on any atom is 0.356 e. The molecule has 0 aliphatic rings. The number of aromatic nitrogens is 3. The van der Waals surface area contributed by atoms with E-state index in [-0.39, 0.29) is 11.4 Å². The molecule has 0 saturated carbocycles. The Morgan fingerprint density at radius 1 is 1.59 bits per heavy atom. The Hall–Kier alpha value is -2.24. The Morgan fingerprint density at radius 3 is 2.94 bits per heavy atom. The Morgan fingerprint density at radius 2 is 2.35 bits per heavy atom. The van der Waals surface area contributed by atoms with Crippen LogP contribution in [0.3, 0.4) is 0 Å². The molecule has 2 heterocycles. The van der Waals surface area contributed by atoms with Gasteiger partial charge in [0, 0.05) is 11.9 Å². The van der Waals surface area contributed by atoms with Crippen LogP contribution in [0.5, 0.6) is 0 Å². The maximum atomic E-state index is 13.5. The highest BCUT2D eigenvalue weighted by Crippen LogP contribution is 2.15. The van der Waals surface area contributed by atoms with Gasteiger partial charge in [-0.25, -0.2) is 13.9 Å². The zero-order valence-electron chi connectivity index (χ0n) is 9.09. The summed E-state index contributed by atoms with van der Waals surface area (Å²) in [6.45, 7) is 1.85. The van der Waals surface area contributed by atoms with Crippen LogP contribution >= 0.6 is 0 Å². The summed E-state index contributed by atoms with van der Waals surface area (Å²) < 4.78 is 14.8. The molecular formula is C11H10FN3O2. The number of hydrogen-bond donors (Lipinski definition) is 1. The largest absolute Gasteiger partial charge is 0.476 e. The topological polar surface area (TPSA) is 68.0 Å². The molecule has 2 rings (SSSR count). The molecule has 0 fully saturated rings. The molecule has 0 spiro atoms. The van der Waals surface area contributed by atoms with Crippen LogP contribution in [0.1, 0.15) is 23.1 Å². The van der Waals surface area contributed by atoms with Crippen LogP contribution in [-0.2, 0) is 6.42 Å². The SMILES string of the molecule is CCc1cc(C(=O)O)nn1-c1ccncc1F. The highest BCUT2D eigenvalue weighted by Gasteiger charge is 2.15. The first-order chi connectivity index (χ1) is 8.13. The molecule has 0 radical (unpaired) electrons. The van der Waals surface area contributed by atoms with Crippen LogP contribution in [0.2, 0.25) is 0 Å². The number of halogens is 1. The monoisotopic (exact) mass is 235 g/mol. The van der Waals surface area contributed by atoms with Crippen LogP contribution in [0.15, 0.2) is 24.5 Å². The normalized spacial score (nSPS) is 10.5. The van der Waals surface area contributed by atoms with E-state index in [9.17, 15) is 9.18 Å². The summed E-state index contributed by atoms with van der Waals surface area (Å²) in [6.07, 6.45) is 3.05. The van der Waals surface area contributed by atoms with Crippen LogP contribution in [0, 0.1) is 5.82 Å². The van der Waals surface area contributed by atoms with Crippen LogP contribution in [0.4, 0.5) is 4.39 Å². The molecule has 0 aliphatic heterocycles. The third kappa shape index (κ3) is 2.01. The number of carbonyl (C=O) groups is 1. The molecule has 0 aliphatic carbocycles. The van der Waals surface area contributed by atoms with Crippen molar-refractivity contribution in [1.82, 2.24) is 14.8 Å². The Kier molecular flexibility index (Phi) is 2.86. The molecule has 6 heteroatoms. The fourth-order valence-electron chi connectivity index (χ4n) is 1.52. The summed E-state index contributed by atoms with van der Waals surface area (Å²) in [5.41, 5.74) is 0.731. The lowest BCUT2D eigenvalue weighted by Gasteiger charge is -2.05. The van der Waals surface area contributed by atoms with Crippen molar-refractivity contribution < 1.29 is 14.3 Å². The minimum atomic E-state index is -1.13. The smallest absolute Gasteiger partial charge is 0.356 e. The fraction of sp³-hybridized carbons (Fsp3) is 0.182. The maximum absolute atomic E-state index is 13.5. The fourth-order valence-corrected chi connectivity index (χ4v) is 1.52. The minimum absolute atomic E-state index is 0.0990. The van der Waals surface area contributed by atoms with Gasteiger partial charge in [0.1, 0.15) is 5.69 Å². The van der Waals surface area contributed by atoms with Gasteiger partial charge in [-0.2, -0.15) is 5.10 Å². The summed E-state index contributed by atoms with van der Waals surface area (Å²) in [5, 5.41) is 12.7. The van der Waals surface area contributed by atoms with E-state index in [1.807, 2.05) is 6.92 Å². The highest BCUT2D eigenvalue weighted by molar-refractivity contribution is 5.85. The Bertz CT molecular complexity index is 566. The lowest BCUT2D eigenvalue weighted by molar-refractivity contribution is 0.0690. The van der Waals surface area contributed by atoms with Crippen molar-refractivity contribution in [2.24, 2.45) is 0 Å². The molecule has 0 bridgehead atoms.